The quantitative estimate of drug-likeness (QED) is 0.361. The van der Waals surface area contributed by atoms with Gasteiger partial charge in [-0.2, -0.15) is 0 Å². The summed E-state index contributed by atoms with van der Waals surface area (Å²) in [6.07, 6.45) is 1.44. The van der Waals surface area contributed by atoms with Crippen LogP contribution in [0.25, 0.3) is 0 Å². The summed E-state index contributed by atoms with van der Waals surface area (Å²) in [4.78, 5) is 1.01. The van der Waals surface area contributed by atoms with E-state index in [2.05, 4.69) is 5.16 Å². The van der Waals surface area contributed by atoms with Crippen molar-refractivity contribution in [1.29, 1.82) is 0 Å². The van der Waals surface area contributed by atoms with Gasteiger partial charge in [-0.3, -0.25) is 0 Å². The molecule has 0 saturated carbocycles. The van der Waals surface area contributed by atoms with E-state index in [1.54, 1.807) is 11.3 Å². The number of rotatable bonds is 1. The molecule has 3 heteroatoms. The van der Waals surface area contributed by atoms with Crippen LogP contribution in [0.4, 0.5) is 0 Å². The highest BCUT2D eigenvalue weighted by atomic mass is 32.1. The van der Waals surface area contributed by atoms with Crippen LogP contribution in [0.1, 0.15) is 10.4 Å². The first kappa shape index (κ1) is 6.29. The van der Waals surface area contributed by atoms with Gasteiger partial charge in [0, 0.05) is 0 Å². The van der Waals surface area contributed by atoms with Crippen LogP contribution in [0.3, 0.4) is 0 Å². The minimum Gasteiger partial charge on any atom is -0.411 e. The maximum Gasteiger partial charge on any atom is 0.0836 e. The minimum atomic E-state index is 1.01. The Bertz CT molecular complexity index is 217. The van der Waals surface area contributed by atoms with Gasteiger partial charge in [0.15, 0.2) is 0 Å². The molecule has 0 saturated heterocycles. The number of aryl methyl sites for hydroxylation is 1. The van der Waals surface area contributed by atoms with Crippen molar-refractivity contribution in [3.8, 4) is 0 Å². The molecule has 0 aliphatic rings. The molecule has 1 heterocycles. The van der Waals surface area contributed by atoms with Crippen molar-refractivity contribution in [2.45, 2.75) is 6.92 Å². The number of hydrogen-bond acceptors (Lipinski definition) is 3. The summed E-state index contributed by atoms with van der Waals surface area (Å²) in [5.41, 5.74) is 1.15. The van der Waals surface area contributed by atoms with E-state index in [0.29, 0.717) is 0 Å². The third-order valence-corrected chi connectivity index (χ3v) is 2.03. The van der Waals surface area contributed by atoms with Crippen LogP contribution in [0.2, 0.25) is 0 Å². The standard InChI is InChI=1S/C6H7NOS/c1-5-2-3-9-6(5)4-7-8/h2-4,8H,1H3/b7-4-. The van der Waals surface area contributed by atoms with E-state index in [-0.39, 0.29) is 0 Å². The zero-order valence-electron chi connectivity index (χ0n) is 5.03. The van der Waals surface area contributed by atoms with E-state index in [1.165, 1.54) is 6.21 Å². The molecule has 0 aromatic carbocycles. The molecule has 2 nitrogen and oxygen atoms in total. The molecule has 0 fully saturated rings. The average molecular weight is 141 g/mol. The average Bonchev–Trinajstić information content (AvgIpc) is 2.18. The lowest BCUT2D eigenvalue weighted by Crippen LogP contribution is -1.75. The molecule has 1 aromatic rings. The molecule has 0 bridgehead atoms. The lowest BCUT2D eigenvalue weighted by atomic mass is 10.3. The molecule has 48 valence electrons. The predicted octanol–water partition coefficient (Wildman–Crippen LogP) is 1.86. The fourth-order valence-corrected chi connectivity index (χ4v) is 1.35. The van der Waals surface area contributed by atoms with Crippen molar-refractivity contribution < 1.29 is 5.21 Å². The molecule has 1 rings (SSSR count). The van der Waals surface area contributed by atoms with Crippen molar-refractivity contribution in [2.75, 3.05) is 0 Å². The predicted molar refractivity (Wildman–Crippen MR) is 38.4 cm³/mol. The van der Waals surface area contributed by atoms with Crippen molar-refractivity contribution in [2.24, 2.45) is 5.16 Å². The van der Waals surface area contributed by atoms with Crippen LogP contribution < -0.4 is 0 Å². The molecule has 0 aliphatic heterocycles. The molecule has 0 amide bonds. The SMILES string of the molecule is Cc1ccsc1/C=N\O. The van der Waals surface area contributed by atoms with E-state index in [0.717, 1.165) is 10.4 Å². The molecular weight excluding hydrogens is 134 g/mol. The Balaban J connectivity index is 2.94. The van der Waals surface area contributed by atoms with E-state index in [1.807, 2.05) is 18.4 Å². The van der Waals surface area contributed by atoms with Crippen LogP contribution in [-0.4, -0.2) is 11.4 Å². The van der Waals surface area contributed by atoms with Gasteiger partial charge in [-0.1, -0.05) is 5.16 Å². The summed E-state index contributed by atoms with van der Waals surface area (Å²) < 4.78 is 0. The van der Waals surface area contributed by atoms with Crippen LogP contribution >= 0.6 is 11.3 Å². The van der Waals surface area contributed by atoms with Gasteiger partial charge < -0.3 is 5.21 Å². The number of nitrogens with zero attached hydrogens (tertiary/aromatic N) is 1. The van der Waals surface area contributed by atoms with Crippen LogP contribution in [0, 0.1) is 6.92 Å². The molecule has 0 aliphatic carbocycles. The second kappa shape index (κ2) is 2.64. The van der Waals surface area contributed by atoms with Gasteiger partial charge in [0.25, 0.3) is 0 Å². The Morgan fingerprint density at radius 1 is 1.78 bits per heavy atom. The van der Waals surface area contributed by atoms with Crippen LogP contribution in [-0.2, 0) is 0 Å². The maximum absolute atomic E-state index is 8.14. The summed E-state index contributed by atoms with van der Waals surface area (Å²) in [7, 11) is 0. The van der Waals surface area contributed by atoms with Gasteiger partial charge in [0.05, 0.1) is 11.1 Å². The van der Waals surface area contributed by atoms with Gasteiger partial charge in [0.2, 0.25) is 0 Å². The lowest BCUT2D eigenvalue weighted by Gasteiger charge is -1.82. The summed E-state index contributed by atoms with van der Waals surface area (Å²) in [6, 6.07) is 1.99. The highest BCUT2D eigenvalue weighted by molar-refractivity contribution is 7.11. The number of oxime groups is 1. The largest absolute Gasteiger partial charge is 0.411 e. The third-order valence-electron chi connectivity index (χ3n) is 1.08. The van der Waals surface area contributed by atoms with Crippen molar-refractivity contribution in [3.05, 3.63) is 21.9 Å². The Kier molecular flexibility index (Phi) is 1.85. The maximum atomic E-state index is 8.14. The van der Waals surface area contributed by atoms with Crippen LogP contribution in [0.15, 0.2) is 16.6 Å². The Hall–Kier alpha value is -0.830. The van der Waals surface area contributed by atoms with Gasteiger partial charge in [-0.25, -0.2) is 0 Å². The fourth-order valence-electron chi connectivity index (χ4n) is 0.569. The van der Waals surface area contributed by atoms with E-state index in [4.69, 9.17) is 5.21 Å². The topological polar surface area (TPSA) is 32.6 Å². The van der Waals surface area contributed by atoms with Crippen LogP contribution in [0.5, 0.6) is 0 Å². The Morgan fingerprint density at radius 2 is 2.56 bits per heavy atom. The fraction of sp³-hybridized carbons (Fsp3) is 0.167. The first-order valence-electron chi connectivity index (χ1n) is 2.56. The second-order valence-corrected chi connectivity index (χ2v) is 2.66. The Morgan fingerprint density at radius 3 is 3.00 bits per heavy atom. The molecule has 0 unspecified atom stereocenters. The van der Waals surface area contributed by atoms with Gasteiger partial charge in [-0.15, -0.1) is 11.3 Å². The normalized spacial score (nSPS) is 10.8. The molecule has 0 spiro atoms. The summed E-state index contributed by atoms with van der Waals surface area (Å²) in [5, 5.41) is 13.0. The van der Waals surface area contributed by atoms with E-state index < -0.39 is 0 Å². The van der Waals surface area contributed by atoms with Crippen molar-refractivity contribution in [1.82, 2.24) is 0 Å². The van der Waals surface area contributed by atoms with Crippen molar-refractivity contribution >= 4 is 17.6 Å². The van der Waals surface area contributed by atoms with Gasteiger partial charge in [0.1, 0.15) is 0 Å². The lowest BCUT2D eigenvalue weighted by molar-refractivity contribution is 0.322. The molecule has 9 heavy (non-hydrogen) atoms. The summed E-state index contributed by atoms with van der Waals surface area (Å²) in [5.74, 6) is 0. The third kappa shape index (κ3) is 1.29. The van der Waals surface area contributed by atoms with Gasteiger partial charge >= 0.3 is 0 Å². The highest BCUT2D eigenvalue weighted by Gasteiger charge is 1.92. The Labute approximate surface area is 57.4 Å². The summed E-state index contributed by atoms with van der Waals surface area (Å²) in [6.45, 7) is 1.98. The second-order valence-electron chi connectivity index (χ2n) is 1.71. The zero-order chi connectivity index (χ0) is 6.69. The molecule has 1 N–H and O–H groups in total. The summed E-state index contributed by atoms with van der Waals surface area (Å²) >= 11 is 1.56. The zero-order valence-corrected chi connectivity index (χ0v) is 5.85. The molecule has 0 atom stereocenters. The highest BCUT2D eigenvalue weighted by Crippen LogP contribution is 2.11. The number of thiophene rings is 1. The van der Waals surface area contributed by atoms with E-state index in [9.17, 15) is 0 Å². The van der Waals surface area contributed by atoms with Crippen molar-refractivity contribution in [3.63, 3.8) is 0 Å². The molecule has 1 aromatic heterocycles. The minimum absolute atomic E-state index is 1.01. The smallest absolute Gasteiger partial charge is 0.0836 e. The first-order valence-corrected chi connectivity index (χ1v) is 3.44. The first-order chi connectivity index (χ1) is 4.34. The van der Waals surface area contributed by atoms with Gasteiger partial charge in [-0.05, 0) is 23.9 Å². The molecular formula is C6H7NOS. The number of hydrogen-bond donors (Lipinski definition) is 1. The monoisotopic (exact) mass is 141 g/mol. The molecule has 0 radical (unpaired) electrons. The van der Waals surface area contributed by atoms with E-state index >= 15 is 0 Å².